The lowest BCUT2D eigenvalue weighted by Crippen LogP contribution is -2.31. The van der Waals surface area contributed by atoms with Crippen LogP contribution in [-0.4, -0.2) is 5.24 Å². The third-order valence-electron chi connectivity index (χ3n) is 3.73. The molecule has 1 nitrogen and oxygen atoms in total. The average Bonchev–Trinajstić information content (AvgIpc) is 2.29. The fourth-order valence-corrected chi connectivity index (χ4v) is 3.18. The predicted octanol–water partition coefficient (Wildman–Crippen LogP) is 4.18. The minimum atomic E-state index is -0.373. The molecule has 1 fully saturated rings. The van der Waals surface area contributed by atoms with Crippen LogP contribution in [-0.2, 0) is 10.2 Å². The van der Waals surface area contributed by atoms with Gasteiger partial charge in [-0.25, -0.2) is 4.39 Å². The maximum absolute atomic E-state index is 13.9. The van der Waals surface area contributed by atoms with E-state index in [-0.39, 0.29) is 22.9 Å². The van der Waals surface area contributed by atoms with Gasteiger partial charge in [0.15, 0.2) is 0 Å². The molecule has 0 saturated heterocycles. The first-order valence-corrected chi connectivity index (χ1v) is 6.45. The molecule has 0 bridgehead atoms. The van der Waals surface area contributed by atoms with Gasteiger partial charge in [0.1, 0.15) is 5.82 Å². The molecule has 92 valence electrons. The molecule has 1 saturated carbocycles. The molecule has 1 aliphatic carbocycles. The molecule has 0 aliphatic heterocycles. The van der Waals surface area contributed by atoms with Gasteiger partial charge in [-0.05, 0) is 36.1 Å². The second kappa shape index (κ2) is 5.18. The van der Waals surface area contributed by atoms with E-state index in [1.807, 2.05) is 6.07 Å². The summed E-state index contributed by atoms with van der Waals surface area (Å²) in [4.78, 5) is 11.2. The van der Waals surface area contributed by atoms with Gasteiger partial charge in [-0.2, -0.15) is 0 Å². The van der Waals surface area contributed by atoms with E-state index in [0.29, 0.717) is 5.56 Å². The molecule has 2 rings (SSSR count). The van der Waals surface area contributed by atoms with E-state index in [4.69, 9.17) is 11.6 Å². The van der Waals surface area contributed by atoms with Crippen LogP contribution >= 0.6 is 11.6 Å². The van der Waals surface area contributed by atoms with Crippen LogP contribution in [0.4, 0.5) is 4.39 Å². The molecule has 0 aromatic heterocycles. The molecule has 1 aromatic rings. The lowest BCUT2D eigenvalue weighted by molar-refractivity contribution is -0.113. The number of hydrogen-bond donors (Lipinski definition) is 0. The first-order valence-electron chi connectivity index (χ1n) is 6.07. The normalized spacial score (nSPS) is 18.9. The SMILES string of the molecule is O=C(Cl)CC1(c2ccccc2F)CCCCC1. The van der Waals surface area contributed by atoms with Crippen molar-refractivity contribution in [1.82, 2.24) is 0 Å². The monoisotopic (exact) mass is 254 g/mol. The number of rotatable bonds is 3. The summed E-state index contributed by atoms with van der Waals surface area (Å²) in [6.45, 7) is 0. The molecule has 0 atom stereocenters. The molecule has 1 aliphatic rings. The van der Waals surface area contributed by atoms with Gasteiger partial charge >= 0.3 is 0 Å². The Morgan fingerprint density at radius 2 is 1.88 bits per heavy atom. The van der Waals surface area contributed by atoms with E-state index in [0.717, 1.165) is 32.1 Å². The number of benzene rings is 1. The van der Waals surface area contributed by atoms with Crippen LogP contribution in [0, 0.1) is 5.82 Å². The molecule has 0 spiro atoms. The van der Waals surface area contributed by atoms with E-state index in [9.17, 15) is 9.18 Å². The lowest BCUT2D eigenvalue weighted by atomic mass is 9.67. The highest BCUT2D eigenvalue weighted by atomic mass is 35.5. The standard InChI is InChI=1S/C14H16ClFO/c15-13(17)10-14(8-4-1-5-9-14)11-6-2-3-7-12(11)16/h2-3,6-7H,1,4-5,8-10H2. The summed E-state index contributed by atoms with van der Waals surface area (Å²) in [5, 5.41) is -0.366. The van der Waals surface area contributed by atoms with Gasteiger partial charge in [-0.15, -0.1) is 0 Å². The summed E-state index contributed by atoms with van der Waals surface area (Å²) in [5.74, 6) is -0.215. The van der Waals surface area contributed by atoms with Crippen molar-refractivity contribution < 1.29 is 9.18 Å². The zero-order valence-electron chi connectivity index (χ0n) is 9.72. The zero-order chi connectivity index (χ0) is 12.3. The van der Waals surface area contributed by atoms with Crippen LogP contribution in [0.1, 0.15) is 44.1 Å². The minimum absolute atomic E-state index is 0.215. The molecule has 0 unspecified atom stereocenters. The molecule has 3 heteroatoms. The Kier molecular flexibility index (Phi) is 3.82. The Bertz CT molecular complexity index is 410. The summed E-state index contributed by atoms with van der Waals surface area (Å²) in [6, 6.07) is 6.76. The summed E-state index contributed by atoms with van der Waals surface area (Å²) < 4.78 is 13.9. The number of hydrogen-bond acceptors (Lipinski definition) is 1. The Hall–Kier alpha value is -0.890. The third kappa shape index (κ3) is 2.68. The third-order valence-corrected chi connectivity index (χ3v) is 3.87. The van der Waals surface area contributed by atoms with Crippen molar-refractivity contribution in [2.45, 2.75) is 43.9 Å². The molecule has 0 N–H and O–H groups in total. The highest BCUT2D eigenvalue weighted by molar-refractivity contribution is 6.63. The van der Waals surface area contributed by atoms with Gasteiger partial charge in [0.05, 0.1) is 0 Å². The quantitative estimate of drug-likeness (QED) is 0.740. The summed E-state index contributed by atoms with van der Waals surface area (Å²) >= 11 is 5.54. The van der Waals surface area contributed by atoms with Crippen molar-refractivity contribution in [3.05, 3.63) is 35.6 Å². The second-order valence-electron chi connectivity index (χ2n) is 4.85. The minimum Gasteiger partial charge on any atom is -0.281 e. The van der Waals surface area contributed by atoms with E-state index in [1.54, 1.807) is 12.1 Å². The molecule has 0 radical (unpaired) electrons. The zero-order valence-corrected chi connectivity index (χ0v) is 10.5. The summed E-state index contributed by atoms with van der Waals surface area (Å²) in [5.41, 5.74) is 0.288. The van der Waals surface area contributed by atoms with E-state index >= 15 is 0 Å². The topological polar surface area (TPSA) is 17.1 Å². The van der Waals surface area contributed by atoms with Crippen LogP contribution in [0.5, 0.6) is 0 Å². The van der Waals surface area contributed by atoms with Crippen LogP contribution < -0.4 is 0 Å². The van der Waals surface area contributed by atoms with Crippen LogP contribution in [0.3, 0.4) is 0 Å². The Morgan fingerprint density at radius 1 is 1.24 bits per heavy atom. The number of carbonyl (C=O) groups excluding carboxylic acids is 1. The van der Waals surface area contributed by atoms with Crippen LogP contribution in [0.25, 0.3) is 0 Å². The smallest absolute Gasteiger partial charge is 0.222 e. The number of halogens is 2. The summed E-state index contributed by atoms with van der Waals surface area (Å²) in [6.07, 6.45) is 5.19. The van der Waals surface area contributed by atoms with Crippen molar-refractivity contribution in [1.29, 1.82) is 0 Å². The Balaban J connectivity index is 2.39. The maximum Gasteiger partial charge on any atom is 0.222 e. The molecular formula is C14H16ClFO. The van der Waals surface area contributed by atoms with Crippen molar-refractivity contribution in [3.63, 3.8) is 0 Å². The molecule has 0 heterocycles. The molecule has 17 heavy (non-hydrogen) atoms. The Labute approximate surface area is 106 Å². The van der Waals surface area contributed by atoms with Crippen molar-refractivity contribution in [2.24, 2.45) is 0 Å². The van der Waals surface area contributed by atoms with Crippen LogP contribution in [0.2, 0.25) is 0 Å². The van der Waals surface area contributed by atoms with Gasteiger partial charge in [0.25, 0.3) is 0 Å². The van der Waals surface area contributed by atoms with Crippen molar-refractivity contribution in [2.75, 3.05) is 0 Å². The number of carbonyl (C=O) groups is 1. The van der Waals surface area contributed by atoms with Gasteiger partial charge in [-0.1, -0.05) is 37.5 Å². The molecular weight excluding hydrogens is 239 g/mol. The van der Waals surface area contributed by atoms with Gasteiger partial charge in [-0.3, -0.25) is 4.79 Å². The molecule has 0 amide bonds. The van der Waals surface area contributed by atoms with E-state index in [1.165, 1.54) is 6.07 Å². The predicted molar refractivity (Wildman–Crippen MR) is 66.6 cm³/mol. The molecule has 1 aromatic carbocycles. The maximum atomic E-state index is 13.9. The van der Waals surface area contributed by atoms with Crippen molar-refractivity contribution in [3.8, 4) is 0 Å². The second-order valence-corrected chi connectivity index (χ2v) is 5.27. The van der Waals surface area contributed by atoms with Gasteiger partial charge in [0.2, 0.25) is 5.24 Å². The fraction of sp³-hybridized carbons (Fsp3) is 0.500. The summed E-state index contributed by atoms with van der Waals surface area (Å²) in [7, 11) is 0. The van der Waals surface area contributed by atoms with Crippen molar-refractivity contribution >= 4 is 16.8 Å². The van der Waals surface area contributed by atoms with Crippen LogP contribution in [0.15, 0.2) is 24.3 Å². The van der Waals surface area contributed by atoms with Gasteiger partial charge in [0, 0.05) is 11.8 Å². The first-order chi connectivity index (χ1) is 8.14. The van der Waals surface area contributed by atoms with E-state index < -0.39 is 0 Å². The fourth-order valence-electron chi connectivity index (χ4n) is 2.93. The lowest BCUT2D eigenvalue weighted by Gasteiger charge is -2.37. The van der Waals surface area contributed by atoms with Gasteiger partial charge < -0.3 is 0 Å². The van der Waals surface area contributed by atoms with E-state index in [2.05, 4.69) is 0 Å². The average molecular weight is 255 g/mol. The highest BCUT2D eigenvalue weighted by Gasteiger charge is 2.37. The largest absolute Gasteiger partial charge is 0.281 e. The highest BCUT2D eigenvalue weighted by Crippen LogP contribution is 2.43. The first kappa shape index (κ1) is 12.6. The Morgan fingerprint density at radius 3 is 2.47 bits per heavy atom.